The van der Waals surface area contributed by atoms with Crippen molar-refractivity contribution in [1.29, 1.82) is 0 Å². The number of aryl methyl sites for hydroxylation is 2. The van der Waals surface area contributed by atoms with Crippen LogP contribution in [-0.4, -0.2) is 25.5 Å². The van der Waals surface area contributed by atoms with Crippen LogP contribution in [0.4, 0.5) is 13.2 Å². The zero-order chi connectivity index (χ0) is 19.8. The molecule has 2 aromatic heterocycles. The Morgan fingerprint density at radius 3 is 2.48 bits per heavy atom. The van der Waals surface area contributed by atoms with Crippen molar-refractivity contribution in [3.05, 3.63) is 70.4 Å². The maximum Gasteiger partial charge on any atom is 0.416 e. The summed E-state index contributed by atoms with van der Waals surface area (Å²) in [6.45, 7) is 3.67. The molecule has 3 aromatic rings. The minimum atomic E-state index is -4.55. The number of rotatable bonds is 4. The number of nitrogens with zero attached hydrogens (tertiary/aromatic N) is 4. The number of hydrogen-bond donors (Lipinski definition) is 1. The highest BCUT2D eigenvalue weighted by Crippen LogP contribution is 2.29. The van der Waals surface area contributed by atoms with Crippen molar-refractivity contribution in [2.75, 3.05) is 0 Å². The summed E-state index contributed by atoms with van der Waals surface area (Å²) < 4.78 is 40.3. The van der Waals surface area contributed by atoms with E-state index in [2.05, 4.69) is 15.1 Å². The fourth-order valence-electron chi connectivity index (χ4n) is 2.62. The molecule has 0 aliphatic carbocycles. The SMILES string of the molecule is Cc1cc(C)n(-c2cc(CN)nc(C(=O)c3cccc(C(F)(F)F)c3)n2)n1. The van der Waals surface area contributed by atoms with Gasteiger partial charge in [-0.05, 0) is 32.0 Å². The first-order chi connectivity index (χ1) is 12.7. The van der Waals surface area contributed by atoms with Gasteiger partial charge < -0.3 is 5.73 Å². The Morgan fingerprint density at radius 1 is 1.15 bits per heavy atom. The highest BCUT2D eigenvalue weighted by atomic mass is 19.4. The quantitative estimate of drug-likeness (QED) is 0.709. The average molecular weight is 375 g/mol. The van der Waals surface area contributed by atoms with E-state index in [9.17, 15) is 18.0 Å². The first-order valence-electron chi connectivity index (χ1n) is 8.02. The third kappa shape index (κ3) is 3.87. The minimum absolute atomic E-state index is 0.0394. The molecule has 0 fully saturated rings. The molecule has 0 amide bonds. The largest absolute Gasteiger partial charge is 0.416 e. The van der Waals surface area contributed by atoms with Crippen molar-refractivity contribution in [1.82, 2.24) is 19.7 Å². The predicted molar refractivity (Wildman–Crippen MR) is 91.4 cm³/mol. The van der Waals surface area contributed by atoms with Crippen LogP contribution in [0.25, 0.3) is 5.82 Å². The van der Waals surface area contributed by atoms with E-state index in [4.69, 9.17) is 5.73 Å². The van der Waals surface area contributed by atoms with E-state index in [1.165, 1.54) is 16.8 Å². The Hall–Kier alpha value is -3.07. The monoisotopic (exact) mass is 375 g/mol. The number of halogens is 3. The van der Waals surface area contributed by atoms with Crippen LogP contribution >= 0.6 is 0 Å². The molecule has 0 atom stereocenters. The van der Waals surface area contributed by atoms with Crippen LogP contribution in [0.1, 0.15) is 38.8 Å². The molecular formula is C18H16F3N5O. The van der Waals surface area contributed by atoms with Crippen LogP contribution in [-0.2, 0) is 12.7 Å². The van der Waals surface area contributed by atoms with E-state index in [-0.39, 0.29) is 17.9 Å². The number of alkyl halides is 3. The summed E-state index contributed by atoms with van der Waals surface area (Å²) in [5, 5.41) is 4.30. The van der Waals surface area contributed by atoms with Gasteiger partial charge in [0.15, 0.2) is 5.82 Å². The van der Waals surface area contributed by atoms with Crippen molar-refractivity contribution < 1.29 is 18.0 Å². The summed E-state index contributed by atoms with van der Waals surface area (Å²) >= 11 is 0. The third-order valence-corrected chi connectivity index (χ3v) is 3.86. The zero-order valence-corrected chi connectivity index (χ0v) is 14.6. The van der Waals surface area contributed by atoms with Gasteiger partial charge in [0, 0.05) is 23.9 Å². The van der Waals surface area contributed by atoms with E-state index < -0.39 is 17.5 Å². The van der Waals surface area contributed by atoms with Gasteiger partial charge in [0.05, 0.1) is 17.0 Å². The normalized spacial score (nSPS) is 11.6. The van der Waals surface area contributed by atoms with Crippen LogP contribution in [0.5, 0.6) is 0 Å². The van der Waals surface area contributed by atoms with Gasteiger partial charge in [0.2, 0.25) is 11.6 Å². The zero-order valence-electron chi connectivity index (χ0n) is 14.6. The molecule has 2 N–H and O–H groups in total. The van der Waals surface area contributed by atoms with Crippen LogP contribution in [0, 0.1) is 13.8 Å². The van der Waals surface area contributed by atoms with Crippen LogP contribution in [0.2, 0.25) is 0 Å². The lowest BCUT2D eigenvalue weighted by atomic mass is 10.1. The topological polar surface area (TPSA) is 86.7 Å². The maximum absolute atomic E-state index is 12.9. The lowest BCUT2D eigenvalue weighted by Crippen LogP contribution is -2.15. The van der Waals surface area contributed by atoms with Crippen molar-refractivity contribution >= 4 is 5.78 Å². The molecule has 0 aliphatic rings. The fraction of sp³-hybridized carbons (Fsp3) is 0.222. The lowest BCUT2D eigenvalue weighted by Gasteiger charge is -2.10. The summed E-state index contributed by atoms with van der Waals surface area (Å²) in [5.41, 5.74) is 6.50. The molecule has 0 aliphatic heterocycles. The molecule has 140 valence electrons. The number of carbonyl (C=O) groups is 1. The van der Waals surface area contributed by atoms with Gasteiger partial charge in [0.1, 0.15) is 0 Å². The molecule has 0 saturated heterocycles. The van der Waals surface area contributed by atoms with Gasteiger partial charge in [-0.25, -0.2) is 14.6 Å². The summed E-state index contributed by atoms with van der Waals surface area (Å²) in [7, 11) is 0. The van der Waals surface area contributed by atoms with E-state index in [0.717, 1.165) is 23.5 Å². The smallest absolute Gasteiger partial charge is 0.325 e. The third-order valence-electron chi connectivity index (χ3n) is 3.86. The second-order valence-corrected chi connectivity index (χ2v) is 5.99. The van der Waals surface area contributed by atoms with E-state index >= 15 is 0 Å². The average Bonchev–Trinajstić information content (AvgIpc) is 2.98. The van der Waals surface area contributed by atoms with Crippen LogP contribution < -0.4 is 5.73 Å². The molecule has 0 spiro atoms. The molecule has 0 saturated carbocycles. The van der Waals surface area contributed by atoms with Crippen molar-refractivity contribution in [3.63, 3.8) is 0 Å². The summed E-state index contributed by atoms with van der Waals surface area (Å²) in [6, 6.07) is 7.56. The second kappa shape index (κ2) is 6.92. The number of aromatic nitrogens is 4. The van der Waals surface area contributed by atoms with E-state index in [1.807, 2.05) is 19.9 Å². The van der Waals surface area contributed by atoms with Gasteiger partial charge >= 0.3 is 6.18 Å². The van der Waals surface area contributed by atoms with Gasteiger partial charge in [0.25, 0.3) is 0 Å². The van der Waals surface area contributed by atoms with Crippen molar-refractivity contribution in [3.8, 4) is 5.82 Å². The Kier molecular flexibility index (Phi) is 4.79. The lowest BCUT2D eigenvalue weighted by molar-refractivity contribution is -0.137. The van der Waals surface area contributed by atoms with Crippen LogP contribution in [0.15, 0.2) is 36.4 Å². The standard InChI is InChI=1S/C18H16F3N5O/c1-10-6-11(2)26(25-10)15-8-14(9-22)23-17(24-15)16(27)12-4-3-5-13(7-12)18(19,20)21/h3-8H,9,22H2,1-2H3. The number of benzene rings is 1. The molecule has 6 nitrogen and oxygen atoms in total. The number of carbonyl (C=O) groups excluding carboxylic acids is 1. The Labute approximate surface area is 152 Å². The molecule has 27 heavy (non-hydrogen) atoms. The Balaban J connectivity index is 2.08. The molecule has 2 heterocycles. The molecule has 0 unspecified atom stereocenters. The molecular weight excluding hydrogens is 359 g/mol. The Morgan fingerprint density at radius 2 is 1.89 bits per heavy atom. The summed E-state index contributed by atoms with van der Waals surface area (Å²) in [5.74, 6) is -0.634. The fourth-order valence-corrected chi connectivity index (χ4v) is 2.62. The minimum Gasteiger partial charge on any atom is -0.325 e. The van der Waals surface area contributed by atoms with Crippen molar-refractivity contribution in [2.24, 2.45) is 5.73 Å². The summed E-state index contributed by atoms with van der Waals surface area (Å²) in [4.78, 5) is 21.0. The number of nitrogens with two attached hydrogens (primary N) is 1. The first-order valence-corrected chi connectivity index (χ1v) is 8.02. The molecule has 0 radical (unpaired) electrons. The first kappa shape index (κ1) is 18.7. The second-order valence-electron chi connectivity index (χ2n) is 5.99. The van der Waals surface area contributed by atoms with Gasteiger partial charge in [-0.1, -0.05) is 12.1 Å². The highest BCUT2D eigenvalue weighted by Gasteiger charge is 2.31. The van der Waals surface area contributed by atoms with Gasteiger partial charge in [-0.3, -0.25) is 4.79 Å². The van der Waals surface area contributed by atoms with Gasteiger partial charge in [-0.2, -0.15) is 18.3 Å². The molecule has 1 aromatic carbocycles. The van der Waals surface area contributed by atoms with Crippen molar-refractivity contribution in [2.45, 2.75) is 26.6 Å². The Bertz CT molecular complexity index is 1010. The molecule has 0 bridgehead atoms. The molecule has 3 rings (SSSR count). The number of hydrogen-bond acceptors (Lipinski definition) is 5. The maximum atomic E-state index is 12.9. The predicted octanol–water partition coefficient (Wildman–Crippen LogP) is 2.99. The highest BCUT2D eigenvalue weighted by molar-refractivity contribution is 6.06. The van der Waals surface area contributed by atoms with E-state index in [0.29, 0.717) is 11.5 Å². The van der Waals surface area contributed by atoms with Crippen LogP contribution in [0.3, 0.4) is 0 Å². The van der Waals surface area contributed by atoms with E-state index in [1.54, 1.807) is 6.07 Å². The van der Waals surface area contributed by atoms with Gasteiger partial charge in [-0.15, -0.1) is 0 Å². The summed E-state index contributed by atoms with van der Waals surface area (Å²) in [6.07, 6.45) is -4.55. The number of ketones is 1. The molecule has 9 heteroatoms.